The average Bonchev–Trinajstić information content (AvgIpc) is 3.35. The van der Waals surface area contributed by atoms with E-state index in [1.165, 1.54) is 23.4 Å². The summed E-state index contributed by atoms with van der Waals surface area (Å²) in [6.45, 7) is 0. The summed E-state index contributed by atoms with van der Waals surface area (Å²) in [5.74, 6) is -1.53. The normalized spacial score (nSPS) is 14.9. The molecule has 1 saturated heterocycles. The van der Waals surface area contributed by atoms with Crippen LogP contribution in [0.4, 0.5) is 5.69 Å². The Hall–Kier alpha value is -3.65. The lowest BCUT2D eigenvalue weighted by Crippen LogP contribution is -2.35. The number of carbonyl (C=O) groups is 3. The second-order valence-electron chi connectivity index (χ2n) is 6.02. The molecule has 29 heavy (non-hydrogen) atoms. The van der Waals surface area contributed by atoms with Gasteiger partial charge < -0.3 is 9.15 Å². The topological polar surface area (TPSA) is 88.9 Å². The van der Waals surface area contributed by atoms with Crippen molar-refractivity contribution < 1.29 is 23.5 Å². The monoisotopic (exact) mass is 452 g/mol. The van der Waals surface area contributed by atoms with E-state index in [0.717, 1.165) is 0 Å². The number of esters is 1. The van der Waals surface area contributed by atoms with Gasteiger partial charge in [-0.25, -0.2) is 9.80 Å². The molecule has 7 nitrogen and oxygen atoms in total. The third-order valence-corrected chi connectivity index (χ3v) is 4.60. The summed E-state index contributed by atoms with van der Waals surface area (Å²) < 4.78 is 11.1. The van der Waals surface area contributed by atoms with E-state index in [-0.39, 0.29) is 17.1 Å². The summed E-state index contributed by atoms with van der Waals surface area (Å²) in [6, 6.07) is 16.7. The largest absolute Gasteiger partial charge is 0.457 e. The Morgan fingerprint density at radius 2 is 1.86 bits per heavy atom. The molecule has 0 unspecified atom stereocenters. The van der Waals surface area contributed by atoms with Crippen molar-refractivity contribution in [2.24, 2.45) is 0 Å². The van der Waals surface area contributed by atoms with Crippen LogP contribution < -0.4 is 15.2 Å². The van der Waals surface area contributed by atoms with Crippen LogP contribution in [0.5, 0.6) is 5.75 Å². The first-order valence-corrected chi connectivity index (χ1v) is 9.29. The molecule has 1 aromatic heterocycles. The van der Waals surface area contributed by atoms with Gasteiger partial charge in [0.1, 0.15) is 11.3 Å². The summed E-state index contributed by atoms with van der Waals surface area (Å²) in [6.07, 6.45) is 2.75. The molecule has 1 aliphatic heterocycles. The maximum absolute atomic E-state index is 12.8. The third-order valence-electron chi connectivity index (χ3n) is 4.10. The molecule has 0 atom stereocenters. The molecular formula is C21H13BrN2O5. The molecule has 0 radical (unpaired) electrons. The lowest BCUT2D eigenvalue weighted by atomic mass is 10.1. The fourth-order valence-electron chi connectivity index (χ4n) is 2.74. The van der Waals surface area contributed by atoms with E-state index < -0.39 is 17.8 Å². The van der Waals surface area contributed by atoms with Crippen molar-refractivity contribution in [3.63, 3.8) is 0 Å². The average molecular weight is 453 g/mol. The molecule has 8 heteroatoms. The standard InChI is InChI=1S/C21H13BrN2O5/c22-14-8-9-17(29-21(27)18-7-4-10-28-18)13(11-14)12-16-19(25)23-24(20(16)26)15-5-2-1-3-6-15/h1-12H,(H,23,25)/b16-12+. The number of carbonyl (C=O) groups excluding carboxylic acids is 3. The number of halogens is 1. The number of rotatable bonds is 4. The lowest BCUT2D eigenvalue weighted by Gasteiger charge is -2.13. The quantitative estimate of drug-likeness (QED) is 0.282. The Labute approximate surface area is 173 Å². The van der Waals surface area contributed by atoms with Crippen LogP contribution in [-0.2, 0) is 9.59 Å². The Morgan fingerprint density at radius 3 is 2.59 bits per heavy atom. The summed E-state index contributed by atoms with van der Waals surface area (Å²) >= 11 is 3.35. The maximum Gasteiger partial charge on any atom is 0.379 e. The van der Waals surface area contributed by atoms with Crippen molar-refractivity contribution >= 4 is 45.5 Å². The van der Waals surface area contributed by atoms with Crippen LogP contribution in [0, 0.1) is 0 Å². The molecule has 4 rings (SSSR count). The van der Waals surface area contributed by atoms with Crippen LogP contribution in [0.3, 0.4) is 0 Å². The molecule has 2 heterocycles. The number of furan rings is 1. The highest BCUT2D eigenvalue weighted by Crippen LogP contribution is 2.28. The van der Waals surface area contributed by atoms with Gasteiger partial charge in [-0.1, -0.05) is 34.1 Å². The molecule has 1 aliphatic rings. The van der Waals surface area contributed by atoms with E-state index in [1.54, 1.807) is 48.5 Å². The summed E-state index contributed by atoms with van der Waals surface area (Å²) in [5, 5.41) is 1.17. The third kappa shape index (κ3) is 3.83. The van der Waals surface area contributed by atoms with Gasteiger partial charge in [-0.15, -0.1) is 0 Å². The molecule has 1 fully saturated rings. The van der Waals surface area contributed by atoms with Gasteiger partial charge in [0.2, 0.25) is 5.76 Å². The van der Waals surface area contributed by atoms with Crippen molar-refractivity contribution in [2.75, 3.05) is 5.01 Å². The number of hydrogen-bond donors (Lipinski definition) is 1. The first kappa shape index (κ1) is 18.7. The molecule has 0 saturated carbocycles. The van der Waals surface area contributed by atoms with E-state index in [1.807, 2.05) is 6.07 Å². The minimum atomic E-state index is -0.690. The second kappa shape index (κ2) is 7.76. The van der Waals surface area contributed by atoms with Crippen LogP contribution >= 0.6 is 15.9 Å². The predicted octanol–water partition coefficient (Wildman–Crippen LogP) is 3.72. The van der Waals surface area contributed by atoms with Gasteiger partial charge in [-0.2, -0.15) is 0 Å². The summed E-state index contributed by atoms with van der Waals surface area (Å²) in [7, 11) is 0. The zero-order valence-electron chi connectivity index (χ0n) is 14.8. The number of ether oxygens (including phenoxy) is 1. The van der Waals surface area contributed by atoms with Gasteiger partial charge in [0.15, 0.2) is 0 Å². The minimum Gasteiger partial charge on any atom is -0.457 e. The van der Waals surface area contributed by atoms with Gasteiger partial charge in [-0.3, -0.25) is 15.0 Å². The first-order chi connectivity index (χ1) is 14.0. The highest BCUT2D eigenvalue weighted by molar-refractivity contribution is 9.10. The van der Waals surface area contributed by atoms with Crippen molar-refractivity contribution in [3.8, 4) is 5.75 Å². The van der Waals surface area contributed by atoms with Gasteiger partial charge in [0.05, 0.1) is 12.0 Å². The van der Waals surface area contributed by atoms with Gasteiger partial charge in [-0.05, 0) is 48.5 Å². The fraction of sp³-hybridized carbons (Fsp3) is 0. The summed E-state index contributed by atoms with van der Waals surface area (Å²) in [5.41, 5.74) is 3.37. The number of benzene rings is 2. The minimum absolute atomic E-state index is 0.0384. The Morgan fingerprint density at radius 1 is 1.07 bits per heavy atom. The van der Waals surface area contributed by atoms with Crippen LogP contribution in [0.25, 0.3) is 6.08 Å². The zero-order chi connectivity index (χ0) is 20.4. The fourth-order valence-corrected chi connectivity index (χ4v) is 3.12. The molecule has 0 bridgehead atoms. The molecule has 2 amide bonds. The molecular weight excluding hydrogens is 440 g/mol. The number of amides is 2. The molecule has 0 spiro atoms. The number of hydrazine groups is 1. The smallest absolute Gasteiger partial charge is 0.379 e. The Bertz CT molecular complexity index is 1120. The van der Waals surface area contributed by atoms with Crippen LogP contribution in [0.2, 0.25) is 0 Å². The number of anilines is 1. The molecule has 3 aromatic rings. The van der Waals surface area contributed by atoms with Crippen molar-refractivity contribution in [3.05, 3.63) is 88.3 Å². The molecule has 2 aromatic carbocycles. The first-order valence-electron chi connectivity index (χ1n) is 8.50. The second-order valence-corrected chi connectivity index (χ2v) is 6.94. The van der Waals surface area contributed by atoms with Crippen LogP contribution in [-0.4, -0.2) is 17.8 Å². The SMILES string of the molecule is O=C1NN(c2ccccc2)C(=O)/C1=C/c1cc(Br)ccc1OC(=O)c1ccco1. The van der Waals surface area contributed by atoms with Crippen molar-refractivity contribution in [1.29, 1.82) is 0 Å². The summed E-state index contributed by atoms with van der Waals surface area (Å²) in [4.78, 5) is 37.4. The number of para-hydroxylation sites is 1. The molecule has 1 N–H and O–H groups in total. The molecule has 144 valence electrons. The highest BCUT2D eigenvalue weighted by atomic mass is 79.9. The lowest BCUT2D eigenvalue weighted by molar-refractivity contribution is -0.117. The predicted molar refractivity (Wildman–Crippen MR) is 108 cm³/mol. The Kier molecular flexibility index (Phi) is 5.01. The van der Waals surface area contributed by atoms with E-state index in [2.05, 4.69) is 21.4 Å². The Balaban J connectivity index is 1.67. The van der Waals surface area contributed by atoms with E-state index in [9.17, 15) is 14.4 Å². The van der Waals surface area contributed by atoms with E-state index in [4.69, 9.17) is 9.15 Å². The van der Waals surface area contributed by atoms with Crippen LogP contribution in [0.15, 0.2) is 81.4 Å². The van der Waals surface area contributed by atoms with Gasteiger partial charge in [0.25, 0.3) is 11.8 Å². The van der Waals surface area contributed by atoms with Crippen LogP contribution in [0.1, 0.15) is 16.1 Å². The maximum atomic E-state index is 12.8. The zero-order valence-corrected chi connectivity index (χ0v) is 16.4. The van der Waals surface area contributed by atoms with Crippen molar-refractivity contribution in [1.82, 2.24) is 5.43 Å². The van der Waals surface area contributed by atoms with E-state index in [0.29, 0.717) is 15.7 Å². The number of nitrogens with one attached hydrogen (secondary N) is 1. The highest BCUT2D eigenvalue weighted by Gasteiger charge is 2.34. The van der Waals surface area contributed by atoms with Gasteiger partial charge >= 0.3 is 5.97 Å². The number of hydrogen-bond acceptors (Lipinski definition) is 5. The van der Waals surface area contributed by atoms with Gasteiger partial charge in [0, 0.05) is 10.0 Å². The number of nitrogens with zero attached hydrogens (tertiary/aromatic N) is 1. The van der Waals surface area contributed by atoms with E-state index >= 15 is 0 Å². The molecule has 0 aliphatic carbocycles. The van der Waals surface area contributed by atoms with Crippen molar-refractivity contribution in [2.45, 2.75) is 0 Å².